The molecule has 0 bridgehead atoms. The van der Waals surface area contributed by atoms with Crippen molar-refractivity contribution in [2.24, 2.45) is 0 Å². The third kappa shape index (κ3) is 3.81. The van der Waals surface area contributed by atoms with E-state index in [-0.39, 0.29) is 17.2 Å². The summed E-state index contributed by atoms with van der Waals surface area (Å²) in [5.41, 5.74) is 1.67. The summed E-state index contributed by atoms with van der Waals surface area (Å²) >= 11 is 0. The highest BCUT2D eigenvalue weighted by Crippen LogP contribution is 2.26. The highest BCUT2D eigenvalue weighted by Gasteiger charge is 2.25. The van der Waals surface area contributed by atoms with Gasteiger partial charge in [-0.3, -0.25) is 14.1 Å². The average Bonchev–Trinajstić information content (AvgIpc) is 2.67. The summed E-state index contributed by atoms with van der Waals surface area (Å²) in [5.74, 6) is -0.180. The Labute approximate surface area is 153 Å². The molecule has 1 aromatic heterocycles. The molecule has 3 rings (SSSR count). The van der Waals surface area contributed by atoms with Gasteiger partial charge in [0.15, 0.2) is 5.78 Å². The van der Waals surface area contributed by atoms with Crippen molar-refractivity contribution in [3.8, 4) is 0 Å². The number of carbonyl (C=O) groups is 1. The Bertz CT molecular complexity index is 1000. The van der Waals surface area contributed by atoms with Gasteiger partial charge in [0.05, 0.1) is 17.1 Å². The van der Waals surface area contributed by atoms with Crippen LogP contribution in [0, 0.1) is 0 Å². The second-order valence-electron chi connectivity index (χ2n) is 5.79. The van der Waals surface area contributed by atoms with Crippen molar-refractivity contribution >= 4 is 21.5 Å². The van der Waals surface area contributed by atoms with Crippen LogP contribution in [0.5, 0.6) is 0 Å². The fraction of sp³-hybridized carbons (Fsp3) is 0.100. The maximum atomic E-state index is 13.3. The smallest absolute Gasteiger partial charge is 0.264 e. The van der Waals surface area contributed by atoms with E-state index in [1.807, 2.05) is 12.1 Å². The van der Waals surface area contributed by atoms with Crippen molar-refractivity contribution in [1.82, 2.24) is 4.98 Å². The number of pyridine rings is 1. The van der Waals surface area contributed by atoms with Crippen LogP contribution in [-0.2, 0) is 16.6 Å². The Hall–Kier alpha value is -2.99. The maximum absolute atomic E-state index is 13.3. The minimum absolute atomic E-state index is 0.0814. The molecule has 6 heteroatoms. The number of rotatable bonds is 6. The standard InChI is InChI=1S/C20H18N2O3S/c1-16(23)18-8-5-11-20(13-18)26(24,25)22(19-9-3-2-4-10-19)15-17-7-6-12-21-14-17/h2-14H,15H2,1H3. The Kier molecular flexibility index (Phi) is 5.14. The molecule has 132 valence electrons. The van der Waals surface area contributed by atoms with Gasteiger partial charge in [-0.05, 0) is 42.8 Å². The molecule has 0 radical (unpaired) electrons. The molecule has 2 aromatic carbocycles. The van der Waals surface area contributed by atoms with Gasteiger partial charge in [0.1, 0.15) is 0 Å². The Morgan fingerprint density at radius 2 is 1.77 bits per heavy atom. The number of hydrogen-bond acceptors (Lipinski definition) is 4. The van der Waals surface area contributed by atoms with E-state index in [0.717, 1.165) is 5.56 Å². The molecule has 1 heterocycles. The number of sulfonamides is 1. The van der Waals surface area contributed by atoms with Crippen LogP contribution >= 0.6 is 0 Å². The number of carbonyl (C=O) groups excluding carboxylic acids is 1. The van der Waals surface area contributed by atoms with Gasteiger partial charge in [0.25, 0.3) is 10.0 Å². The normalized spacial score (nSPS) is 11.1. The summed E-state index contributed by atoms with van der Waals surface area (Å²) in [6, 6.07) is 18.6. The molecule has 5 nitrogen and oxygen atoms in total. The highest BCUT2D eigenvalue weighted by atomic mass is 32.2. The topological polar surface area (TPSA) is 67.3 Å². The second-order valence-corrected chi connectivity index (χ2v) is 7.65. The summed E-state index contributed by atoms with van der Waals surface area (Å²) < 4.78 is 27.9. The van der Waals surface area contributed by atoms with Crippen molar-refractivity contribution in [1.29, 1.82) is 0 Å². The van der Waals surface area contributed by atoms with Gasteiger partial charge in [-0.15, -0.1) is 0 Å². The monoisotopic (exact) mass is 366 g/mol. The van der Waals surface area contributed by atoms with Gasteiger partial charge >= 0.3 is 0 Å². The molecule has 0 N–H and O–H groups in total. The summed E-state index contributed by atoms with van der Waals surface area (Å²) in [5, 5.41) is 0. The molecule has 0 spiro atoms. The molecule has 26 heavy (non-hydrogen) atoms. The van der Waals surface area contributed by atoms with Gasteiger partial charge in [-0.2, -0.15) is 0 Å². The maximum Gasteiger partial charge on any atom is 0.264 e. The van der Waals surface area contributed by atoms with Gasteiger partial charge in [-0.1, -0.05) is 36.4 Å². The summed E-state index contributed by atoms with van der Waals surface area (Å²) in [6.07, 6.45) is 3.28. The summed E-state index contributed by atoms with van der Waals surface area (Å²) in [4.78, 5) is 15.8. The summed E-state index contributed by atoms with van der Waals surface area (Å²) in [7, 11) is -3.86. The number of Topliss-reactive ketones (excluding diaryl/α,β-unsaturated/α-hetero) is 1. The van der Waals surface area contributed by atoms with E-state index in [0.29, 0.717) is 11.3 Å². The zero-order valence-electron chi connectivity index (χ0n) is 14.2. The van der Waals surface area contributed by atoms with Crippen LogP contribution < -0.4 is 4.31 Å². The van der Waals surface area contributed by atoms with E-state index in [1.165, 1.54) is 23.4 Å². The molecule has 0 amide bonds. The number of para-hydroxylation sites is 1. The number of anilines is 1. The quantitative estimate of drug-likeness (QED) is 0.624. The first-order valence-electron chi connectivity index (χ1n) is 8.06. The predicted octanol–water partition coefficient (Wildman–Crippen LogP) is 3.68. The van der Waals surface area contributed by atoms with Crippen molar-refractivity contribution in [3.05, 3.63) is 90.3 Å². The first-order valence-corrected chi connectivity index (χ1v) is 9.50. The number of nitrogens with zero attached hydrogens (tertiary/aromatic N) is 2. The number of hydrogen-bond donors (Lipinski definition) is 0. The van der Waals surface area contributed by atoms with E-state index in [4.69, 9.17) is 0 Å². The van der Waals surface area contributed by atoms with E-state index < -0.39 is 10.0 Å². The Balaban J connectivity index is 2.08. The van der Waals surface area contributed by atoms with Gasteiger partial charge in [0, 0.05) is 18.0 Å². The Morgan fingerprint density at radius 3 is 2.42 bits per heavy atom. The van der Waals surface area contributed by atoms with E-state index in [9.17, 15) is 13.2 Å². The van der Waals surface area contributed by atoms with E-state index in [1.54, 1.807) is 54.9 Å². The van der Waals surface area contributed by atoms with Crippen LogP contribution in [0.15, 0.2) is 84.0 Å². The minimum Gasteiger partial charge on any atom is -0.295 e. The first kappa shape index (κ1) is 17.8. The molecule has 0 aliphatic rings. The van der Waals surface area contributed by atoms with Crippen molar-refractivity contribution in [2.45, 2.75) is 18.4 Å². The van der Waals surface area contributed by atoms with Crippen LogP contribution in [-0.4, -0.2) is 19.2 Å². The number of ketones is 1. The van der Waals surface area contributed by atoms with E-state index >= 15 is 0 Å². The van der Waals surface area contributed by atoms with Gasteiger partial charge in [-0.25, -0.2) is 8.42 Å². The molecule has 0 fully saturated rings. The first-order chi connectivity index (χ1) is 12.5. The summed E-state index contributed by atoms with van der Waals surface area (Å²) in [6.45, 7) is 1.56. The lowest BCUT2D eigenvalue weighted by molar-refractivity contribution is 0.101. The lowest BCUT2D eigenvalue weighted by Crippen LogP contribution is -2.30. The van der Waals surface area contributed by atoms with Crippen LogP contribution in [0.1, 0.15) is 22.8 Å². The van der Waals surface area contributed by atoms with E-state index in [2.05, 4.69) is 4.98 Å². The van der Waals surface area contributed by atoms with Gasteiger partial charge in [0.2, 0.25) is 0 Å². The van der Waals surface area contributed by atoms with Crippen LogP contribution in [0.25, 0.3) is 0 Å². The lowest BCUT2D eigenvalue weighted by Gasteiger charge is -2.24. The zero-order chi connectivity index (χ0) is 18.6. The Morgan fingerprint density at radius 1 is 1.00 bits per heavy atom. The largest absolute Gasteiger partial charge is 0.295 e. The molecule has 0 aliphatic carbocycles. The lowest BCUT2D eigenvalue weighted by atomic mass is 10.2. The van der Waals surface area contributed by atoms with Gasteiger partial charge < -0.3 is 0 Å². The second kappa shape index (κ2) is 7.49. The van der Waals surface area contributed by atoms with Crippen molar-refractivity contribution < 1.29 is 13.2 Å². The third-order valence-corrected chi connectivity index (χ3v) is 5.69. The van der Waals surface area contributed by atoms with Crippen LogP contribution in [0.4, 0.5) is 5.69 Å². The fourth-order valence-corrected chi connectivity index (χ4v) is 4.07. The third-order valence-electron chi connectivity index (χ3n) is 3.92. The predicted molar refractivity (Wildman–Crippen MR) is 100 cm³/mol. The molecular weight excluding hydrogens is 348 g/mol. The molecular formula is C20H18N2O3S. The van der Waals surface area contributed by atoms with Crippen molar-refractivity contribution in [2.75, 3.05) is 4.31 Å². The zero-order valence-corrected chi connectivity index (χ0v) is 15.1. The van der Waals surface area contributed by atoms with Crippen molar-refractivity contribution in [3.63, 3.8) is 0 Å². The molecule has 0 saturated heterocycles. The molecule has 3 aromatic rings. The number of aromatic nitrogens is 1. The SMILES string of the molecule is CC(=O)c1cccc(S(=O)(=O)N(Cc2cccnc2)c2ccccc2)c1. The van der Waals surface area contributed by atoms with Crippen LogP contribution in [0.3, 0.4) is 0 Å². The molecule has 0 atom stereocenters. The number of benzene rings is 2. The molecule has 0 aliphatic heterocycles. The minimum atomic E-state index is -3.86. The average molecular weight is 366 g/mol. The fourth-order valence-electron chi connectivity index (χ4n) is 2.57. The highest BCUT2D eigenvalue weighted by molar-refractivity contribution is 7.92. The molecule has 0 saturated carbocycles. The van der Waals surface area contributed by atoms with Crippen LogP contribution in [0.2, 0.25) is 0 Å². The molecule has 0 unspecified atom stereocenters.